The van der Waals surface area contributed by atoms with Gasteiger partial charge in [-0.15, -0.1) is 0 Å². The first-order chi connectivity index (χ1) is 5.36. The molecule has 1 aliphatic heterocycles. The van der Waals surface area contributed by atoms with Crippen LogP contribution in [-0.2, 0) is 0 Å². The molecule has 56 valence electrons. The molecule has 0 saturated carbocycles. The van der Waals surface area contributed by atoms with Gasteiger partial charge in [-0.1, -0.05) is 0 Å². The molecule has 1 aromatic carbocycles. The van der Waals surface area contributed by atoms with Gasteiger partial charge in [0.15, 0.2) is 0 Å². The van der Waals surface area contributed by atoms with Crippen molar-refractivity contribution in [3.05, 3.63) is 34.3 Å². The summed E-state index contributed by atoms with van der Waals surface area (Å²) in [5, 5.41) is 1.25. The van der Waals surface area contributed by atoms with Crippen molar-refractivity contribution in [1.29, 1.82) is 0 Å². The van der Waals surface area contributed by atoms with Crippen LogP contribution in [-0.4, -0.2) is 15.0 Å². The van der Waals surface area contributed by atoms with E-state index in [1.807, 2.05) is 0 Å². The van der Waals surface area contributed by atoms with Crippen molar-refractivity contribution in [3.63, 3.8) is 0 Å². The van der Waals surface area contributed by atoms with Crippen LogP contribution in [0.1, 0.15) is 5.56 Å². The molecule has 0 bridgehead atoms. The van der Waals surface area contributed by atoms with Crippen LogP contribution < -0.4 is 4.46 Å². The Morgan fingerprint density at radius 3 is 3.18 bits per heavy atom. The van der Waals surface area contributed by atoms with Crippen LogP contribution in [0.15, 0.2) is 28.7 Å². The summed E-state index contributed by atoms with van der Waals surface area (Å²) in [6, 6.07) is 6.54. The second-order valence-corrected chi connectivity index (χ2v) is 5.54. The Morgan fingerprint density at radius 1 is 1.36 bits per heavy atom. The molecule has 11 heavy (non-hydrogen) atoms. The van der Waals surface area contributed by atoms with Gasteiger partial charge in [-0.3, -0.25) is 0 Å². The number of rotatable bonds is 0. The van der Waals surface area contributed by atoms with E-state index in [1.54, 1.807) is 0 Å². The van der Waals surface area contributed by atoms with Gasteiger partial charge in [-0.25, -0.2) is 0 Å². The van der Waals surface area contributed by atoms with E-state index in [0.29, 0.717) is 15.0 Å². The van der Waals surface area contributed by atoms with Crippen LogP contribution in [0, 0.1) is 0 Å². The molecule has 0 N–H and O–H groups in total. The Balaban J connectivity index is 2.54. The van der Waals surface area contributed by atoms with Crippen molar-refractivity contribution in [2.75, 3.05) is 0 Å². The van der Waals surface area contributed by atoms with Crippen LogP contribution in [0.5, 0.6) is 0 Å². The molecule has 0 spiro atoms. The van der Waals surface area contributed by atoms with Gasteiger partial charge in [0.2, 0.25) is 0 Å². The minimum atomic E-state index is 0.671. The van der Waals surface area contributed by atoms with Gasteiger partial charge in [-0.2, -0.15) is 0 Å². The molecule has 0 aliphatic carbocycles. The minimum absolute atomic E-state index is 0.671. The van der Waals surface area contributed by atoms with Gasteiger partial charge in [0.05, 0.1) is 0 Å². The average Bonchev–Trinajstić information content (AvgIpc) is 2.04. The van der Waals surface area contributed by atoms with Crippen molar-refractivity contribution >= 4 is 41.4 Å². The van der Waals surface area contributed by atoms with Gasteiger partial charge < -0.3 is 0 Å². The first-order valence-corrected chi connectivity index (χ1v) is 6.31. The number of fused-ring (bicyclic) bond motifs is 1. The molecule has 0 amide bonds. The standard InChI is InChI=1S/C9H7BrSe/c10-8-3-4-9-7(6-8)2-1-5-11-9/h1-4,6H,5H2. The van der Waals surface area contributed by atoms with Crippen molar-refractivity contribution in [1.82, 2.24) is 0 Å². The molecule has 0 aromatic heterocycles. The summed E-state index contributed by atoms with van der Waals surface area (Å²) in [5.41, 5.74) is 1.39. The summed E-state index contributed by atoms with van der Waals surface area (Å²) in [6.45, 7) is 0. The van der Waals surface area contributed by atoms with E-state index in [0.717, 1.165) is 0 Å². The Hall–Kier alpha value is -0.0405. The Morgan fingerprint density at radius 2 is 2.27 bits per heavy atom. The molecule has 0 fully saturated rings. The monoisotopic (exact) mass is 274 g/mol. The molecule has 0 radical (unpaired) electrons. The summed E-state index contributed by atoms with van der Waals surface area (Å²) >= 11 is 4.13. The molecule has 1 heterocycles. The molecular weight excluding hydrogens is 267 g/mol. The van der Waals surface area contributed by atoms with E-state index in [2.05, 4.69) is 46.3 Å². The van der Waals surface area contributed by atoms with Gasteiger partial charge in [0, 0.05) is 0 Å². The third-order valence-corrected chi connectivity index (χ3v) is 4.28. The molecule has 2 rings (SSSR count). The van der Waals surface area contributed by atoms with Gasteiger partial charge in [0.25, 0.3) is 0 Å². The molecular formula is C9H7BrSe. The fraction of sp³-hybridized carbons (Fsp3) is 0.111. The Kier molecular flexibility index (Phi) is 2.17. The average molecular weight is 274 g/mol. The van der Waals surface area contributed by atoms with Crippen molar-refractivity contribution in [2.45, 2.75) is 5.32 Å². The van der Waals surface area contributed by atoms with Crippen LogP contribution in [0.4, 0.5) is 0 Å². The zero-order chi connectivity index (χ0) is 7.68. The quantitative estimate of drug-likeness (QED) is 0.636. The maximum atomic E-state index is 3.46. The van der Waals surface area contributed by atoms with E-state index < -0.39 is 0 Å². The predicted molar refractivity (Wildman–Crippen MR) is 53.4 cm³/mol. The summed E-state index contributed by atoms with van der Waals surface area (Å²) in [4.78, 5) is 0. The van der Waals surface area contributed by atoms with Crippen molar-refractivity contribution < 1.29 is 0 Å². The van der Waals surface area contributed by atoms with Crippen LogP contribution in [0.3, 0.4) is 0 Å². The third kappa shape index (κ3) is 1.58. The van der Waals surface area contributed by atoms with Crippen molar-refractivity contribution in [3.8, 4) is 0 Å². The normalized spacial score (nSPS) is 14.6. The van der Waals surface area contributed by atoms with Gasteiger partial charge >= 0.3 is 81.1 Å². The van der Waals surface area contributed by atoms with Gasteiger partial charge in [-0.05, 0) is 0 Å². The molecule has 0 unspecified atom stereocenters. The molecule has 1 aliphatic rings. The van der Waals surface area contributed by atoms with E-state index in [-0.39, 0.29) is 0 Å². The number of halogens is 1. The Bertz CT molecular complexity index is 304. The Labute approximate surface area is 81.0 Å². The number of hydrogen-bond donors (Lipinski definition) is 0. The molecule has 0 saturated heterocycles. The van der Waals surface area contributed by atoms with E-state index in [9.17, 15) is 0 Å². The first-order valence-electron chi connectivity index (χ1n) is 3.45. The second-order valence-electron chi connectivity index (χ2n) is 2.40. The molecule has 2 heteroatoms. The van der Waals surface area contributed by atoms with Crippen LogP contribution in [0.2, 0.25) is 5.32 Å². The molecule has 0 atom stereocenters. The number of benzene rings is 1. The van der Waals surface area contributed by atoms with E-state index in [4.69, 9.17) is 0 Å². The second kappa shape index (κ2) is 3.14. The fourth-order valence-electron chi connectivity index (χ4n) is 1.09. The first kappa shape index (κ1) is 7.60. The number of hydrogen-bond acceptors (Lipinski definition) is 0. The van der Waals surface area contributed by atoms with Crippen LogP contribution >= 0.6 is 15.9 Å². The van der Waals surface area contributed by atoms with Crippen LogP contribution in [0.25, 0.3) is 6.08 Å². The predicted octanol–water partition coefficient (Wildman–Crippen LogP) is 2.22. The molecule has 0 nitrogen and oxygen atoms in total. The van der Waals surface area contributed by atoms with E-state index in [1.165, 1.54) is 19.8 Å². The summed E-state index contributed by atoms with van der Waals surface area (Å²) in [7, 11) is 0. The van der Waals surface area contributed by atoms with Gasteiger partial charge in [0.1, 0.15) is 0 Å². The van der Waals surface area contributed by atoms with E-state index >= 15 is 0 Å². The zero-order valence-corrected chi connectivity index (χ0v) is 9.18. The maximum absolute atomic E-state index is 3.46. The molecule has 1 aromatic rings. The summed E-state index contributed by atoms with van der Waals surface area (Å²) in [5.74, 6) is 0. The summed E-state index contributed by atoms with van der Waals surface area (Å²) < 4.78 is 2.71. The third-order valence-electron chi connectivity index (χ3n) is 1.60. The zero-order valence-electron chi connectivity index (χ0n) is 5.88. The van der Waals surface area contributed by atoms with Crippen molar-refractivity contribution in [2.24, 2.45) is 0 Å². The summed E-state index contributed by atoms with van der Waals surface area (Å²) in [6.07, 6.45) is 4.47. The topological polar surface area (TPSA) is 0 Å². The fourth-order valence-corrected chi connectivity index (χ4v) is 3.21. The number of allylic oxidation sites excluding steroid dienone is 1. The SMILES string of the molecule is Brc1ccc2c(c1)C=CC[Se]2.